The van der Waals surface area contributed by atoms with E-state index < -0.39 is 0 Å². The van der Waals surface area contributed by atoms with E-state index in [-0.39, 0.29) is 48.3 Å². The molecule has 2 heterocycles. The van der Waals surface area contributed by atoms with Gasteiger partial charge in [0.05, 0.1) is 19.2 Å². The van der Waals surface area contributed by atoms with Gasteiger partial charge in [0.2, 0.25) is 11.8 Å². The Hall–Kier alpha value is -2.59. The molecule has 2 rings (SSSR count). The highest BCUT2D eigenvalue weighted by atomic mass is 16.5. The first-order chi connectivity index (χ1) is 14.2. The Bertz CT molecular complexity index is 827. The molecule has 7 nitrogen and oxygen atoms in total. The normalized spacial score (nSPS) is 19.7. The van der Waals surface area contributed by atoms with Crippen molar-refractivity contribution in [2.24, 2.45) is 11.8 Å². The molecule has 3 atom stereocenters. The number of likely N-dealkylation sites (N-methyl/N-ethyl adjacent to an activating group) is 1. The van der Waals surface area contributed by atoms with Gasteiger partial charge in [-0.2, -0.15) is 0 Å². The molecule has 1 aliphatic heterocycles. The summed E-state index contributed by atoms with van der Waals surface area (Å²) in [6.07, 6.45) is 1.67. The summed E-state index contributed by atoms with van der Waals surface area (Å²) in [6, 6.07) is 1.34. The van der Waals surface area contributed by atoms with Crippen LogP contribution in [0.1, 0.15) is 57.0 Å². The number of carbonyl (C=O) groups excluding carboxylic acids is 2. The molecular formula is C23H33N3O4. The monoisotopic (exact) mass is 415 g/mol. The molecule has 0 bridgehead atoms. The lowest BCUT2D eigenvalue weighted by Gasteiger charge is -2.37. The fourth-order valence-electron chi connectivity index (χ4n) is 3.26. The van der Waals surface area contributed by atoms with Crippen LogP contribution < -0.4 is 4.74 Å². The van der Waals surface area contributed by atoms with Gasteiger partial charge in [0.1, 0.15) is 11.7 Å². The lowest BCUT2D eigenvalue weighted by atomic mass is 9.99. The topological polar surface area (TPSA) is 83.0 Å². The van der Waals surface area contributed by atoms with Crippen LogP contribution in [0.15, 0.2) is 12.3 Å². The maximum absolute atomic E-state index is 13.3. The molecule has 1 aromatic rings. The average molecular weight is 416 g/mol. The first kappa shape index (κ1) is 23.7. The molecule has 0 fully saturated rings. The summed E-state index contributed by atoms with van der Waals surface area (Å²) >= 11 is 0. The largest absolute Gasteiger partial charge is 0.472 e. The number of pyridine rings is 1. The predicted molar refractivity (Wildman–Crippen MR) is 115 cm³/mol. The molecule has 0 saturated heterocycles. The van der Waals surface area contributed by atoms with Crippen LogP contribution in [0.25, 0.3) is 0 Å². The van der Waals surface area contributed by atoms with Crippen LogP contribution in [0.2, 0.25) is 0 Å². The fourth-order valence-corrected chi connectivity index (χ4v) is 3.26. The molecule has 0 unspecified atom stereocenters. The number of amides is 2. The number of aliphatic hydroxyl groups is 1. The molecule has 7 heteroatoms. The first-order valence-corrected chi connectivity index (χ1v) is 10.5. The van der Waals surface area contributed by atoms with Gasteiger partial charge in [0.15, 0.2) is 0 Å². The molecule has 0 aromatic carbocycles. The summed E-state index contributed by atoms with van der Waals surface area (Å²) < 4.78 is 6.16. The molecule has 0 radical (unpaired) electrons. The standard InChI is InChI=1S/C23H33N3O4/c1-7-21(28)25(6)13-20-16(4)12-26(17(5)14-27)23(29)19-10-18(9-8-15(2)3)11-24-22(19)30-20/h10-11,15-17,20,27H,7,12-14H2,1-6H3/t16-,17+,20-/m1/s1. The Morgan fingerprint density at radius 1 is 1.43 bits per heavy atom. The summed E-state index contributed by atoms with van der Waals surface area (Å²) in [5.41, 5.74) is 0.965. The number of fused-ring (bicyclic) bond motifs is 1. The Morgan fingerprint density at radius 3 is 2.73 bits per heavy atom. The lowest BCUT2D eigenvalue weighted by molar-refractivity contribution is -0.131. The van der Waals surface area contributed by atoms with Gasteiger partial charge in [0, 0.05) is 43.6 Å². The van der Waals surface area contributed by atoms with E-state index >= 15 is 0 Å². The molecule has 1 N–H and O–H groups in total. The zero-order valence-electron chi connectivity index (χ0n) is 18.8. The highest BCUT2D eigenvalue weighted by Crippen LogP contribution is 2.27. The van der Waals surface area contributed by atoms with E-state index in [0.717, 1.165) is 0 Å². The van der Waals surface area contributed by atoms with Crippen LogP contribution in [0, 0.1) is 23.7 Å². The summed E-state index contributed by atoms with van der Waals surface area (Å²) in [5.74, 6) is 6.27. The molecular weight excluding hydrogens is 382 g/mol. The highest BCUT2D eigenvalue weighted by molar-refractivity contribution is 5.97. The summed E-state index contributed by atoms with van der Waals surface area (Å²) in [5, 5.41) is 9.70. The second-order valence-corrected chi connectivity index (χ2v) is 8.25. The Balaban J connectivity index is 2.47. The molecule has 0 saturated carbocycles. The maximum atomic E-state index is 13.3. The molecule has 2 amide bonds. The van der Waals surface area contributed by atoms with E-state index in [1.165, 1.54) is 0 Å². The van der Waals surface area contributed by atoms with Crippen LogP contribution in [-0.2, 0) is 4.79 Å². The summed E-state index contributed by atoms with van der Waals surface area (Å²) in [6.45, 7) is 10.2. The molecule has 1 aromatic heterocycles. The van der Waals surface area contributed by atoms with Crippen LogP contribution >= 0.6 is 0 Å². The fraction of sp³-hybridized carbons (Fsp3) is 0.609. The van der Waals surface area contributed by atoms with E-state index in [4.69, 9.17) is 4.74 Å². The number of hydrogen-bond donors (Lipinski definition) is 1. The van der Waals surface area contributed by atoms with Crippen LogP contribution in [0.4, 0.5) is 0 Å². The minimum Gasteiger partial charge on any atom is -0.472 e. The zero-order valence-corrected chi connectivity index (χ0v) is 18.8. The van der Waals surface area contributed by atoms with Crippen LogP contribution in [-0.4, -0.2) is 70.6 Å². The number of hydrogen-bond acceptors (Lipinski definition) is 5. The second-order valence-electron chi connectivity index (χ2n) is 8.25. The van der Waals surface area contributed by atoms with Crippen molar-refractivity contribution in [3.8, 4) is 17.7 Å². The second kappa shape index (κ2) is 10.4. The number of aliphatic hydroxyl groups excluding tert-OH is 1. The number of rotatable bonds is 5. The van der Waals surface area contributed by atoms with E-state index in [1.807, 2.05) is 34.6 Å². The van der Waals surface area contributed by atoms with Gasteiger partial charge in [0.25, 0.3) is 5.91 Å². The van der Waals surface area contributed by atoms with Crippen molar-refractivity contribution >= 4 is 11.8 Å². The molecule has 0 aliphatic carbocycles. The average Bonchev–Trinajstić information content (AvgIpc) is 2.73. The van der Waals surface area contributed by atoms with Crippen molar-refractivity contribution in [3.63, 3.8) is 0 Å². The number of ether oxygens (including phenoxy) is 1. The smallest absolute Gasteiger partial charge is 0.259 e. The van der Waals surface area contributed by atoms with Gasteiger partial charge in [-0.25, -0.2) is 4.98 Å². The van der Waals surface area contributed by atoms with Crippen molar-refractivity contribution in [2.45, 2.75) is 53.2 Å². The maximum Gasteiger partial charge on any atom is 0.259 e. The number of nitrogens with zero attached hydrogens (tertiary/aromatic N) is 3. The third-order valence-corrected chi connectivity index (χ3v) is 5.21. The van der Waals surface area contributed by atoms with Crippen molar-refractivity contribution in [1.29, 1.82) is 0 Å². The van der Waals surface area contributed by atoms with Crippen LogP contribution in [0.3, 0.4) is 0 Å². The Morgan fingerprint density at radius 2 is 2.13 bits per heavy atom. The number of carbonyl (C=O) groups is 2. The summed E-state index contributed by atoms with van der Waals surface area (Å²) in [7, 11) is 1.75. The lowest BCUT2D eigenvalue weighted by Crippen LogP contribution is -2.50. The van der Waals surface area contributed by atoms with Gasteiger partial charge < -0.3 is 19.6 Å². The Kier molecular flexibility index (Phi) is 8.24. The molecule has 0 spiro atoms. The minimum absolute atomic E-state index is 0.0250. The predicted octanol–water partition coefficient (Wildman–Crippen LogP) is 2.18. The third-order valence-electron chi connectivity index (χ3n) is 5.21. The Labute approximate surface area is 179 Å². The van der Waals surface area contributed by atoms with E-state index in [2.05, 4.69) is 16.8 Å². The van der Waals surface area contributed by atoms with Crippen LogP contribution in [0.5, 0.6) is 5.88 Å². The van der Waals surface area contributed by atoms with Gasteiger partial charge in [-0.1, -0.05) is 39.5 Å². The van der Waals surface area contributed by atoms with Gasteiger partial charge in [-0.15, -0.1) is 0 Å². The van der Waals surface area contributed by atoms with Crippen molar-refractivity contribution < 1.29 is 19.4 Å². The SMILES string of the molecule is CCC(=O)N(C)C[C@H]1Oc2ncc(C#CC(C)C)cc2C(=O)N([C@@H](C)CO)C[C@H]1C. The summed E-state index contributed by atoms with van der Waals surface area (Å²) in [4.78, 5) is 33.1. The van der Waals surface area contributed by atoms with Gasteiger partial charge in [-0.05, 0) is 13.0 Å². The zero-order chi connectivity index (χ0) is 22.4. The van der Waals surface area contributed by atoms with Crippen molar-refractivity contribution in [3.05, 3.63) is 23.4 Å². The highest BCUT2D eigenvalue weighted by Gasteiger charge is 2.34. The minimum atomic E-state index is -0.355. The molecule has 164 valence electrons. The van der Waals surface area contributed by atoms with E-state index in [0.29, 0.717) is 30.6 Å². The first-order valence-electron chi connectivity index (χ1n) is 10.5. The van der Waals surface area contributed by atoms with E-state index in [9.17, 15) is 14.7 Å². The van der Waals surface area contributed by atoms with Gasteiger partial charge >= 0.3 is 0 Å². The van der Waals surface area contributed by atoms with Gasteiger partial charge in [-0.3, -0.25) is 9.59 Å². The van der Waals surface area contributed by atoms with E-state index in [1.54, 1.807) is 29.1 Å². The molecule has 30 heavy (non-hydrogen) atoms. The molecule has 1 aliphatic rings. The third kappa shape index (κ3) is 5.73. The van der Waals surface area contributed by atoms with Crippen molar-refractivity contribution in [1.82, 2.24) is 14.8 Å². The number of aromatic nitrogens is 1. The van der Waals surface area contributed by atoms with Crippen molar-refractivity contribution in [2.75, 3.05) is 26.7 Å². The quantitative estimate of drug-likeness (QED) is 0.746.